The van der Waals surface area contributed by atoms with Crippen LogP contribution in [0.15, 0.2) is 17.1 Å². The summed E-state index contributed by atoms with van der Waals surface area (Å²) in [5.74, 6) is 1.04. The van der Waals surface area contributed by atoms with Crippen LogP contribution in [0.25, 0.3) is 0 Å². The first-order valence-corrected chi connectivity index (χ1v) is 9.70. The number of piperidine rings is 1. The monoisotopic (exact) mass is 330 g/mol. The third kappa shape index (κ3) is 6.36. The number of allylic oxidation sites excluding steroid dienone is 1. The fraction of sp³-hybridized carbons (Fsp3) is 0.800. The Balaban J connectivity index is 2.38. The van der Waals surface area contributed by atoms with Crippen LogP contribution in [0.4, 0.5) is 0 Å². The van der Waals surface area contributed by atoms with Crippen LogP contribution in [0.3, 0.4) is 0 Å². The van der Waals surface area contributed by atoms with Gasteiger partial charge in [0.2, 0.25) is 10.0 Å². The van der Waals surface area contributed by atoms with E-state index in [0.717, 1.165) is 31.8 Å². The molecule has 1 rings (SSSR count). The number of rotatable bonds is 7. The third-order valence-electron chi connectivity index (χ3n) is 3.71. The van der Waals surface area contributed by atoms with Gasteiger partial charge in [0, 0.05) is 32.7 Å². The van der Waals surface area contributed by atoms with Crippen molar-refractivity contribution in [2.45, 2.75) is 45.6 Å². The number of hydrogen-bond acceptors (Lipinski definition) is 3. The fourth-order valence-corrected chi connectivity index (χ4v) is 4.04. The summed E-state index contributed by atoms with van der Waals surface area (Å²) in [6.45, 7) is 5.93. The summed E-state index contributed by atoms with van der Waals surface area (Å²) in [6.07, 6.45) is 7.41. The lowest BCUT2D eigenvalue weighted by Gasteiger charge is -2.32. The zero-order valence-electron chi connectivity index (χ0n) is 14.0. The van der Waals surface area contributed by atoms with Crippen LogP contribution in [0.2, 0.25) is 0 Å². The number of aliphatic imine (C=N–C) groups is 1. The van der Waals surface area contributed by atoms with Gasteiger partial charge in [-0.1, -0.05) is 19.1 Å². The second-order valence-corrected chi connectivity index (χ2v) is 7.58. The van der Waals surface area contributed by atoms with Gasteiger partial charge in [0.25, 0.3) is 0 Å². The molecule has 0 amide bonds. The fourth-order valence-electron chi connectivity index (χ4n) is 2.49. The third-order valence-corrected chi connectivity index (χ3v) is 5.79. The van der Waals surface area contributed by atoms with Crippen molar-refractivity contribution in [2.75, 3.05) is 32.4 Å². The predicted octanol–water partition coefficient (Wildman–Crippen LogP) is 1.32. The highest BCUT2D eigenvalue weighted by Gasteiger charge is 2.27. The highest BCUT2D eigenvalue weighted by molar-refractivity contribution is 7.89. The minimum atomic E-state index is -3.06. The molecule has 1 aliphatic heterocycles. The first-order valence-electron chi connectivity index (χ1n) is 8.09. The number of hydrogen-bond donors (Lipinski definition) is 2. The summed E-state index contributed by atoms with van der Waals surface area (Å²) in [6, 6.07) is 0.279. The molecule has 1 aliphatic rings. The Kier molecular flexibility index (Phi) is 8.48. The molecule has 0 unspecified atom stereocenters. The topological polar surface area (TPSA) is 73.8 Å². The maximum absolute atomic E-state index is 12.0. The van der Waals surface area contributed by atoms with Crippen LogP contribution in [0.5, 0.6) is 0 Å². The molecule has 1 fully saturated rings. The Hall–Kier alpha value is -1.08. The lowest BCUT2D eigenvalue weighted by atomic mass is 10.1. The minimum absolute atomic E-state index is 0.249. The van der Waals surface area contributed by atoms with Crippen molar-refractivity contribution in [3.8, 4) is 0 Å². The molecule has 1 heterocycles. The van der Waals surface area contributed by atoms with E-state index in [-0.39, 0.29) is 11.8 Å². The lowest BCUT2D eigenvalue weighted by molar-refractivity contribution is 0.306. The Morgan fingerprint density at radius 3 is 2.59 bits per heavy atom. The summed E-state index contributed by atoms with van der Waals surface area (Å²) in [7, 11) is -1.30. The van der Waals surface area contributed by atoms with E-state index in [9.17, 15) is 8.42 Å². The van der Waals surface area contributed by atoms with Crippen LogP contribution in [-0.2, 0) is 10.0 Å². The van der Waals surface area contributed by atoms with Gasteiger partial charge in [-0.3, -0.25) is 4.99 Å². The van der Waals surface area contributed by atoms with Gasteiger partial charge < -0.3 is 10.6 Å². The molecule has 0 aromatic heterocycles. The van der Waals surface area contributed by atoms with Crippen LogP contribution in [0, 0.1) is 0 Å². The van der Waals surface area contributed by atoms with Gasteiger partial charge >= 0.3 is 0 Å². The molecule has 0 aromatic rings. The quantitative estimate of drug-likeness (QED) is 0.320. The minimum Gasteiger partial charge on any atom is -0.356 e. The first kappa shape index (κ1) is 19.0. The summed E-state index contributed by atoms with van der Waals surface area (Å²) >= 11 is 0. The molecule has 7 heteroatoms. The van der Waals surface area contributed by atoms with Gasteiger partial charge in [0.1, 0.15) is 0 Å². The average molecular weight is 330 g/mol. The maximum Gasteiger partial charge on any atom is 0.214 e. The first-order chi connectivity index (χ1) is 10.5. The smallest absolute Gasteiger partial charge is 0.214 e. The molecule has 128 valence electrons. The maximum atomic E-state index is 12.0. The Morgan fingerprint density at radius 1 is 1.36 bits per heavy atom. The molecule has 0 saturated carbocycles. The largest absolute Gasteiger partial charge is 0.356 e. The van der Waals surface area contributed by atoms with Crippen molar-refractivity contribution in [3.05, 3.63) is 12.2 Å². The summed E-state index contributed by atoms with van der Waals surface area (Å²) < 4.78 is 25.7. The van der Waals surface area contributed by atoms with Crippen LogP contribution >= 0.6 is 0 Å². The van der Waals surface area contributed by atoms with Gasteiger partial charge in [-0.05, 0) is 32.6 Å². The Labute approximate surface area is 135 Å². The second-order valence-electron chi connectivity index (χ2n) is 5.49. The number of guanidine groups is 1. The van der Waals surface area contributed by atoms with E-state index in [1.165, 1.54) is 0 Å². The van der Waals surface area contributed by atoms with Crippen molar-refractivity contribution < 1.29 is 8.42 Å². The normalized spacial score (nSPS) is 18.8. The lowest BCUT2D eigenvalue weighted by Crippen LogP contribution is -2.50. The Morgan fingerprint density at radius 2 is 2.05 bits per heavy atom. The Bertz CT molecular complexity index is 466. The van der Waals surface area contributed by atoms with Crippen molar-refractivity contribution in [2.24, 2.45) is 4.99 Å². The predicted molar refractivity (Wildman–Crippen MR) is 92.6 cm³/mol. The summed E-state index contributed by atoms with van der Waals surface area (Å²) in [4.78, 5) is 4.22. The molecule has 22 heavy (non-hydrogen) atoms. The van der Waals surface area contributed by atoms with E-state index >= 15 is 0 Å². The molecule has 0 aliphatic carbocycles. The second kappa shape index (κ2) is 9.84. The number of sulfonamides is 1. The molecular weight excluding hydrogens is 300 g/mol. The standard InChI is InChI=1S/C15H30N4O2S/c1-4-6-7-10-17-15(16-3)18-14-8-11-19(12-9-14)22(20,21)13-5-2/h4,6,14H,5,7-13H2,1-3H3,(H2,16,17,18). The molecule has 0 atom stereocenters. The SMILES string of the molecule is CC=CCCNC(=NC)NC1CCN(S(=O)(=O)CCC)CC1. The average Bonchev–Trinajstić information content (AvgIpc) is 2.50. The van der Waals surface area contributed by atoms with Crippen LogP contribution in [-0.4, -0.2) is 57.2 Å². The van der Waals surface area contributed by atoms with Gasteiger partial charge in [-0.2, -0.15) is 0 Å². The molecule has 6 nitrogen and oxygen atoms in total. The van der Waals surface area contributed by atoms with E-state index in [4.69, 9.17) is 0 Å². The van der Waals surface area contributed by atoms with E-state index in [1.54, 1.807) is 11.4 Å². The van der Waals surface area contributed by atoms with Gasteiger partial charge in [0.15, 0.2) is 5.96 Å². The van der Waals surface area contributed by atoms with Crippen molar-refractivity contribution in [1.29, 1.82) is 0 Å². The molecule has 2 N–H and O–H groups in total. The number of nitrogens with zero attached hydrogens (tertiary/aromatic N) is 2. The van der Waals surface area contributed by atoms with E-state index in [1.807, 2.05) is 19.9 Å². The molecule has 1 saturated heterocycles. The van der Waals surface area contributed by atoms with Crippen LogP contribution in [0.1, 0.15) is 39.5 Å². The van der Waals surface area contributed by atoms with Crippen LogP contribution < -0.4 is 10.6 Å². The number of nitrogens with one attached hydrogen (secondary N) is 2. The van der Waals surface area contributed by atoms with Gasteiger partial charge in [0.05, 0.1) is 5.75 Å². The molecule has 0 aromatic carbocycles. The van der Waals surface area contributed by atoms with Crippen molar-refractivity contribution in [1.82, 2.24) is 14.9 Å². The zero-order valence-corrected chi connectivity index (χ0v) is 14.8. The highest BCUT2D eigenvalue weighted by atomic mass is 32.2. The molecule has 0 spiro atoms. The summed E-state index contributed by atoms with van der Waals surface area (Å²) in [5, 5.41) is 6.65. The zero-order chi connectivity index (χ0) is 16.4. The summed E-state index contributed by atoms with van der Waals surface area (Å²) in [5.41, 5.74) is 0. The molecule has 0 radical (unpaired) electrons. The van der Waals surface area contributed by atoms with E-state index < -0.39 is 10.0 Å². The molecular formula is C15H30N4O2S. The van der Waals surface area contributed by atoms with Crippen molar-refractivity contribution >= 4 is 16.0 Å². The van der Waals surface area contributed by atoms with E-state index in [2.05, 4.69) is 21.7 Å². The van der Waals surface area contributed by atoms with E-state index in [0.29, 0.717) is 19.5 Å². The van der Waals surface area contributed by atoms with Gasteiger partial charge in [-0.25, -0.2) is 12.7 Å². The van der Waals surface area contributed by atoms with Crippen molar-refractivity contribution in [3.63, 3.8) is 0 Å². The highest BCUT2D eigenvalue weighted by Crippen LogP contribution is 2.15. The van der Waals surface area contributed by atoms with Gasteiger partial charge in [-0.15, -0.1) is 0 Å². The molecule has 0 bridgehead atoms.